The van der Waals surface area contributed by atoms with Crippen LogP contribution in [-0.4, -0.2) is 47.9 Å². The smallest absolute Gasteiger partial charge is 0.338 e. The number of halogens is 2. The van der Waals surface area contributed by atoms with E-state index in [1.807, 2.05) is 5.38 Å². The minimum Gasteiger partial charge on any atom is -0.463 e. The molecule has 0 spiro atoms. The summed E-state index contributed by atoms with van der Waals surface area (Å²) in [5.41, 5.74) is 1.69. The molecule has 0 aliphatic carbocycles. The predicted molar refractivity (Wildman–Crippen MR) is 120 cm³/mol. The van der Waals surface area contributed by atoms with E-state index in [1.165, 1.54) is 29.9 Å². The number of amidine groups is 1. The molecule has 1 aromatic heterocycles. The highest BCUT2D eigenvalue weighted by Gasteiger charge is 2.34. The molecule has 4 rings (SSSR count). The van der Waals surface area contributed by atoms with E-state index in [4.69, 9.17) is 21.3 Å². The molecule has 1 saturated heterocycles. The number of aliphatic imine (C=N–C) groups is 1. The Hall–Kier alpha value is -2.29. The minimum absolute atomic E-state index is 0.216. The van der Waals surface area contributed by atoms with Crippen molar-refractivity contribution in [3.63, 3.8) is 0 Å². The normalized spacial score (nSPS) is 19.7. The molecule has 3 heterocycles. The number of aromatic nitrogens is 1. The summed E-state index contributed by atoms with van der Waals surface area (Å²) in [4.78, 5) is 24.5. The standard InChI is InChI=1S/C22H24ClFN4O2S/c1-2-30-22(29)18-17(13-28-9-4-3-5-10-28)26-20(21-25-8-11-31-21)27-19(18)15-7-6-14(24)12-16(15)23/h6-8,11-12,19H,2-5,9-10,13H2,1H3,(H,26,27). The van der Waals surface area contributed by atoms with E-state index < -0.39 is 17.8 Å². The van der Waals surface area contributed by atoms with Gasteiger partial charge in [0.2, 0.25) is 0 Å². The second-order valence-corrected chi connectivity index (χ2v) is 8.76. The van der Waals surface area contributed by atoms with Gasteiger partial charge in [-0.1, -0.05) is 24.1 Å². The van der Waals surface area contributed by atoms with Crippen molar-refractivity contribution >= 4 is 34.7 Å². The van der Waals surface area contributed by atoms with Crippen LogP contribution in [0.3, 0.4) is 0 Å². The number of carbonyl (C=O) groups excluding carboxylic acids is 1. The molecule has 9 heteroatoms. The molecular formula is C22H24ClFN4O2S. The average Bonchev–Trinajstić information content (AvgIpc) is 3.29. The van der Waals surface area contributed by atoms with Crippen molar-refractivity contribution < 1.29 is 13.9 Å². The summed E-state index contributed by atoms with van der Waals surface area (Å²) in [6, 6.07) is 3.43. The molecule has 0 bridgehead atoms. The van der Waals surface area contributed by atoms with Crippen molar-refractivity contribution in [2.75, 3.05) is 26.2 Å². The van der Waals surface area contributed by atoms with Crippen LogP contribution >= 0.6 is 22.9 Å². The van der Waals surface area contributed by atoms with E-state index in [0.29, 0.717) is 28.5 Å². The van der Waals surface area contributed by atoms with Gasteiger partial charge in [-0.05, 0) is 45.0 Å². The molecule has 2 aliphatic heterocycles. The van der Waals surface area contributed by atoms with Crippen molar-refractivity contribution in [3.8, 4) is 0 Å². The van der Waals surface area contributed by atoms with Crippen LogP contribution in [0.5, 0.6) is 0 Å². The number of hydrogen-bond acceptors (Lipinski definition) is 7. The Kier molecular flexibility index (Phi) is 6.99. The van der Waals surface area contributed by atoms with Gasteiger partial charge in [-0.2, -0.15) is 0 Å². The largest absolute Gasteiger partial charge is 0.463 e. The lowest BCUT2D eigenvalue weighted by molar-refractivity contribution is -0.139. The zero-order valence-electron chi connectivity index (χ0n) is 17.2. The van der Waals surface area contributed by atoms with Crippen LogP contribution < -0.4 is 5.32 Å². The molecular weight excluding hydrogens is 439 g/mol. The number of esters is 1. The number of rotatable bonds is 6. The molecule has 31 heavy (non-hydrogen) atoms. The molecule has 1 aromatic carbocycles. The van der Waals surface area contributed by atoms with Gasteiger partial charge >= 0.3 is 5.97 Å². The van der Waals surface area contributed by atoms with Crippen molar-refractivity contribution in [2.24, 2.45) is 4.99 Å². The van der Waals surface area contributed by atoms with Crippen molar-refractivity contribution in [2.45, 2.75) is 32.2 Å². The van der Waals surface area contributed by atoms with E-state index in [2.05, 4.69) is 15.2 Å². The van der Waals surface area contributed by atoms with E-state index in [9.17, 15) is 9.18 Å². The van der Waals surface area contributed by atoms with E-state index in [1.54, 1.807) is 19.2 Å². The Bertz CT molecular complexity index is 1000. The molecule has 1 atom stereocenters. The lowest BCUT2D eigenvalue weighted by Crippen LogP contribution is -2.41. The number of hydrogen-bond donors (Lipinski definition) is 1. The molecule has 0 saturated carbocycles. The van der Waals surface area contributed by atoms with Crippen LogP contribution in [0.1, 0.15) is 42.8 Å². The maximum atomic E-state index is 13.7. The van der Waals surface area contributed by atoms with Gasteiger partial charge in [0.25, 0.3) is 0 Å². The third-order valence-corrected chi connectivity index (χ3v) is 6.45. The Balaban J connectivity index is 1.81. The molecule has 0 radical (unpaired) electrons. The van der Waals surface area contributed by atoms with Gasteiger partial charge in [-0.3, -0.25) is 9.89 Å². The summed E-state index contributed by atoms with van der Waals surface area (Å²) >= 11 is 7.85. The van der Waals surface area contributed by atoms with Gasteiger partial charge in [0, 0.05) is 34.4 Å². The van der Waals surface area contributed by atoms with Crippen LogP contribution in [0.2, 0.25) is 5.02 Å². The van der Waals surface area contributed by atoms with Gasteiger partial charge in [0.15, 0.2) is 10.8 Å². The minimum atomic E-state index is -0.716. The quantitative estimate of drug-likeness (QED) is 0.647. The Morgan fingerprint density at radius 2 is 2.16 bits per heavy atom. The fourth-order valence-electron chi connectivity index (χ4n) is 3.91. The SMILES string of the molecule is CCOC(=O)C1=C(CN2CCCCC2)NC(c2nccs2)=NC1c1ccc(F)cc1Cl. The van der Waals surface area contributed by atoms with Gasteiger partial charge in [-0.15, -0.1) is 11.3 Å². The Labute approximate surface area is 189 Å². The van der Waals surface area contributed by atoms with Crippen LogP contribution in [0.4, 0.5) is 4.39 Å². The lowest BCUT2D eigenvalue weighted by atomic mass is 9.95. The molecule has 6 nitrogen and oxygen atoms in total. The maximum absolute atomic E-state index is 13.7. The number of likely N-dealkylation sites (tertiary alicyclic amines) is 1. The molecule has 164 valence electrons. The van der Waals surface area contributed by atoms with Crippen LogP contribution in [0.15, 0.2) is 46.0 Å². The molecule has 1 unspecified atom stereocenters. The first-order chi connectivity index (χ1) is 15.1. The molecule has 0 amide bonds. The summed E-state index contributed by atoms with van der Waals surface area (Å²) in [5, 5.41) is 6.14. The maximum Gasteiger partial charge on any atom is 0.338 e. The number of nitrogens with zero attached hydrogens (tertiary/aromatic N) is 3. The average molecular weight is 463 g/mol. The first kappa shape index (κ1) is 21.9. The predicted octanol–water partition coefficient (Wildman–Crippen LogP) is 4.33. The molecule has 1 fully saturated rings. The summed E-state index contributed by atoms with van der Waals surface area (Å²) in [7, 11) is 0. The molecule has 1 N–H and O–H groups in total. The van der Waals surface area contributed by atoms with Crippen molar-refractivity contribution in [1.82, 2.24) is 15.2 Å². The van der Waals surface area contributed by atoms with Gasteiger partial charge in [0.05, 0.1) is 12.2 Å². The summed E-state index contributed by atoms with van der Waals surface area (Å²) in [5.74, 6) is -0.322. The zero-order chi connectivity index (χ0) is 21.8. The van der Waals surface area contributed by atoms with E-state index in [-0.39, 0.29) is 11.6 Å². The van der Waals surface area contributed by atoms with Crippen LogP contribution in [0.25, 0.3) is 0 Å². The highest BCUT2D eigenvalue weighted by atomic mass is 35.5. The monoisotopic (exact) mass is 462 g/mol. The van der Waals surface area contributed by atoms with Crippen LogP contribution in [-0.2, 0) is 9.53 Å². The lowest BCUT2D eigenvalue weighted by Gasteiger charge is -2.32. The number of thiazole rings is 1. The van der Waals surface area contributed by atoms with Gasteiger partial charge in [0.1, 0.15) is 11.9 Å². The second kappa shape index (κ2) is 9.89. The third-order valence-electron chi connectivity index (χ3n) is 5.34. The van der Waals surface area contributed by atoms with Crippen LogP contribution in [0, 0.1) is 5.82 Å². The van der Waals surface area contributed by atoms with Crippen molar-refractivity contribution in [3.05, 3.63) is 62.5 Å². The van der Waals surface area contributed by atoms with Crippen molar-refractivity contribution in [1.29, 1.82) is 0 Å². The number of ether oxygens (including phenoxy) is 1. The number of carbonyl (C=O) groups is 1. The van der Waals surface area contributed by atoms with E-state index >= 15 is 0 Å². The molecule has 2 aliphatic rings. The first-order valence-electron chi connectivity index (χ1n) is 10.4. The topological polar surface area (TPSA) is 66.8 Å². The van der Waals surface area contributed by atoms with E-state index in [0.717, 1.165) is 31.6 Å². The highest BCUT2D eigenvalue weighted by molar-refractivity contribution is 7.11. The fourth-order valence-corrected chi connectivity index (χ4v) is 4.77. The molecule has 2 aromatic rings. The first-order valence-corrected chi connectivity index (χ1v) is 11.6. The fraction of sp³-hybridized carbons (Fsp3) is 0.409. The summed E-state index contributed by atoms with van der Waals surface area (Å²) in [6.07, 6.45) is 5.18. The Morgan fingerprint density at radius 3 is 2.84 bits per heavy atom. The number of nitrogens with one attached hydrogen (secondary N) is 1. The van der Waals surface area contributed by atoms with Gasteiger partial charge in [-0.25, -0.2) is 14.2 Å². The highest BCUT2D eigenvalue weighted by Crippen LogP contribution is 2.37. The number of benzene rings is 1. The Morgan fingerprint density at radius 1 is 1.35 bits per heavy atom. The number of piperidine rings is 1. The summed E-state index contributed by atoms with van der Waals surface area (Å²) in [6.45, 7) is 4.50. The third kappa shape index (κ3) is 4.97. The second-order valence-electron chi connectivity index (χ2n) is 7.46. The summed E-state index contributed by atoms with van der Waals surface area (Å²) < 4.78 is 19.1. The van der Waals surface area contributed by atoms with Gasteiger partial charge < -0.3 is 10.1 Å². The zero-order valence-corrected chi connectivity index (χ0v) is 18.8.